The summed E-state index contributed by atoms with van der Waals surface area (Å²) in [6, 6.07) is 11.0. The van der Waals surface area contributed by atoms with Gasteiger partial charge in [0.15, 0.2) is 10.8 Å². The number of hydrogen-bond donors (Lipinski definition) is 1. The summed E-state index contributed by atoms with van der Waals surface area (Å²) < 4.78 is 5.36. The number of nitrogens with one attached hydrogen (secondary N) is 1. The first-order chi connectivity index (χ1) is 14.5. The molecule has 1 N–H and O–H groups in total. The molecule has 2 aromatic heterocycles. The van der Waals surface area contributed by atoms with Crippen LogP contribution in [0.1, 0.15) is 31.3 Å². The monoisotopic (exact) mass is 424 g/mol. The Morgan fingerprint density at radius 2 is 1.87 bits per heavy atom. The van der Waals surface area contributed by atoms with E-state index in [1.54, 1.807) is 12.3 Å². The van der Waals surface area contributed by atoms with Crippen molar-refractivity contribution < 1.29 is 14.0 Å². The summed E-state index contributed by atoms with van der Waals surface area (Å²) in [5.74, 6) is 0.490. The van der Waals surface area contributed by atoms with Crippen LogP contribution in [0.2, 0.25) is 0 Å². The van der Waals surface area contributed by atoms with Crippen LogP contribution in [0.4, 0.5) is 0 Å². The molecule has 4 rings (SSSR count). The van der Waals surface area contributed by atoms with Crippen molar-refractivity contribution in [3.63, 3.8) is 0 Å². The number of piperazine rings is 1. The summed E-state index contributed by atoms with van der Waals surface area (Å²) >= 11 is 1.43. The van der Waals surface area contributed by atoms with E-state index in [0.29, 0.717) is 28.6 Å². The van der Waals surface area contributed by atoms with Crippen LogP contribution in [-0.4, -0.2) is 59.8 Å². The molecular formula is C22H24N4O3S. The number of carbonyl (C=O) groups excluding carboxylic acids is 2. The average molecular weight is 425 g/mol. The van der Waals surface area contributed by atoms with Gasteiger partial charge in [-0.25, -0.2) is 4.98 Å². The first-order valence-corrected chi connectivity index (χ1v) is 10.7. The minimum atomic E-state index is -0.223. The van der Waals surface area contributed by atoms with Crippen LogP contribution in [0.5, 0.6) is 0 Å². The molecule has 156 valence electrons. The predicted octanol–water partition coefficient (Wildman–Crippen LogP) is 3.03. The van der Waals surface area contributed by atoms with Gasteiger partial charge in [0.05, 0.1) is 6.26 Å². The van der Waals surface area contributed by atoms with E-state index in [9.17, 15) is 9.59 Å². The first-order valence-electron chi connectivity index (χ1n) is 9.87. The van der Waals surface area contributed by atoms with E-state index in [1.807, 2.05) is 42.2 Å². The summed E-state index contributed by atoms with van der Waals surface area (Å²) in [7, 11) is 2.07. The largest absolute Gasteiger partial charge is 0.462 e. The summed E-state index contributed by atoms with van der Waals surface area (Å²) in [4.78, 5) is 34.6. The van der Waals surface area contributed by atoms with Crippen LogP contribution < -0.4 is 5.32 Å². The third-order valence-electron chi connectivity index (χ3n) is 5.19. The standard InChI is InChI=1S/C22H24N4O3S/c1-15-19(24-21(30-15)18-4-3-13-29-18)20(27)23-14-16-5-7-17(8-6-16)22(28)26-11-9-25(2)10-12-26/h3-8,13H,9-12,14H2,1-2H3,(H,23,27). The molecule has 8 heteroatoms. The van der Waals surface area contributed by atoms with Gasteiger partial charge in [0.1, 0.15) is 5.69 Å². The number of carbonyl (C=O) groups is 2. The van der Waals surface area contributed by atoms with Crippen molar-refractivity contribution in [2.24, 2.45) is 0 Å². The molecule has 7 nitrogen and oxygen atoms in total. The number of thiazole rings is 1. The Kier molecular flexibility index (Phi) is 5.96. The van der Waals surface area contributed by atoms with Crippen molar-refractivity contribution in [1.82, 2.24) is 20.1 Å². The van der Waals surface area contributed by atoms with Crippen LogP contribution in [0.3, 0.4) is 0 Å². The fraction of sp³-hybridized carbons (Fsp3) is 0.318. The molecule has 0 radical (unpaired) electrons. The molecule has 0 bridgehead atoms. The molecule has 1 aromatic carbocycles. The molecule has 1 fully saturated rings. The second-order valence-corrected chi connectivity index (χ2v) is 8.58. The smallest absolute Gasteiger partial charge is 0.271 e. The van der Waals surface area contributed by atoms with Gasteiger partial charge in [-0.1, -0.05) is 12.1 Å². The Labute approximate surface area is 179 Å². The number of rotatable bonds is 5. The van der Waals surface area contributed by atoms with E-state index >= 15 is 0 Å². The first kappa shape index (κ1) is 20.3. The molecule has 0 saturated carbocycles. The third-order valence-corrected chi connectivity index (χ3v) is 6.17. The SMILES string of the molecule is Cc1sc(-c2ccco2)nc1C(=O)NCc1ccc(C(=O)N2CCN(C)CC2)cc1. The molecule has 0 aliphatic carbocycles. The second-order valence-electron chi connectivity index (χ2n) is 7.38. The number of nitrogens with zero attached hydrogens (tertiary/aromatic N) is 3. The Hall–Kier alpha value is -2.97. The van der Waals surface area contributed by atoms with Gasteiger partial charge in [-0.2, -0.15) is 0 Å². The molecular weight excluding hydrogens is 400 g/mol. The Bertz CT molecular complexity index is 1020. The molecule has 0 atom stereocenters. The zero-order valence-corrected chi connectivity index (χ0v) is 17.9. The quantitative estimate of drug-likeness (QED) is 0.681. The van der Waals surface area contributed by atoms with Crippen molar-refractivity contribution >= 4 is 23.2 Å². The van der Waals surface area contributed by atoms with Gasteiger partial charge >= 0.3 is 0 Å². The van der Waals surface area contributed by atoms with Gasteiger partial charge in [0, 0.05) is 43.2 Å². The van der Waals surface area contributed by atoms with Crippen LogP contribution >= 0.6 is 11.3 Å². The van der Waals surface area contributed by atoms with Crippen molar-refractivity contribution in [1.29, 1.82) is 0 Å². The molecule has 1 aliphatic rings. The van der Waals surface area contributed by atoms with E-state index in [1.165, 1.54) is 11.3 Å². The van der Waals surface area contributed by atoms with Gasteiger partial charge < -0.3 is 19.5 Å². The van der Waals surface area contributed by atoms with Gasteiger partial charge in [0.2, 0.25) is 0 Å². The van der Waals surface area contributed by atoms with Crippen molar-refractivity contribution in [2.45, 2.75) is 13.5 Å². The van der Waals surface area contributed by atoms with Gasteiger partial charge in [-0.15, -0.1) is 11.3 Å². The number of hydrogen-bond acceptors (Lipinski definition) is 6. The van der Waals surface area contributed by atoms with Gasteiger partial charge in [-0.3, -0.25) is 9.59 Å². The number of furan rings is 1. The summed E-state index contributed by atoms with van der Waals surface area (Å²) in [6.45, 7) is 5.54. The zero-order valence-electron chi connectivity index (χ0n) is 17.1. The molecule has 0 unspecified atom stereocenters. The number of amides is 2. The Balaban J connectivity index is 1.35. The lowest BCUT2D eigenvalue weighted by molar-refractivity contribution is 0.0664. The molecule has 2 amide bonds. The summed E-state index contributed by atoms with van der Waals surface area (Å²) in [5.41, 5.74) is 2.01. The van der Waals surface area contributed by atoms with Gasteiger partial charge in [0.25, 0.3) is 11.8 Å². The van der Waals surface area contributed by atoms with E-state index in [4.69, 9.17) is 4.42 Å². The minimum absolute atomic E-state index is 0.0576. The zero-order chi connectivity index (χ0) is 21.1. The number of aryl methyl sites for hydroxylation is 1. The highest BCUT2D eigenvalue weighted by Crippen LogP contribution is 2.27. The predicted molar refractivity (Wildman–Crippen MR) is 116 cm³/mol. The van der Waals surface area contributed by atoms with E-state index < -0.39 is 0 Å². The lowest BCUT2D eigenvalue weighted by Gasteiger charge is -2.32. The van der Waals surface area contributed by atoms with E-state index in [-0.39, 0.29) is 11.8 Å². The molecule has 1 aliphatic heterocycles. The van der Waals surface area contributed by atoms with Crippen LogP contribution in [0.15, 0.2) is 47.1 Å². The molecule has 30 heavy (non-hydrogen) atoms. The van der Waals surface area contributed by atoms with Crippen LogP contribution in [0, 0.1) is 6.92 Å². The van der Waals surface area contributed by atoms with Crippen molar-refractivity contribution in [3.8, 4) is 10.8 Å². The topological polar surface area (TPSA) is 78.7 Å². The maximum Gasteiger partial charge on any atom is 0.271 e. The van der Waals surface area contributed by atoms with Crippen LogP contribution in [0.25, 0.3) is 10.8 Å². The van der Waals surface area contributed by atoms with Crippen LogP contribution in [-0.2, 0) is 6.54 Å². The third kappa shape index (κ3) is 4.44. The van der Waals surface area contributed by atoms with Crippen molar-refractivity contribution in [3.05, 3.63) is 64.4 Å². The number of aromatic nitrogens is 1. The van der Waals surface area contributed by atoms with Gasteiger partial charge in [-0.05, 0) is 43.8 Å². The molecule has 0 spiro atoms. The fourth-order valence-electron chi connectivity index (χ4n) is 3.34. The maximum absolute atomic E-state index is 12.6. The lowest BCUT2D eigenvalue weighted by atomic mass is 10.1. The molecule has 3 aromatic rings. The average Bonchev–Trinajstić information content (AvgIpc) is 3.42. The lowest BCUT2D eigenvalue weighted by Crippen LogP contribution is -2.47. The van der Waals surface area contributed by atoms with Crippen molar-refractivity contribution in [2.75, 3.05) is 33.2 Å². The highest BCUT2D eigenvalue weighted by atomic mass is 32.1. The van der Waals surface area contributed by atoms with E-state index in [2.05, 4.69) is 22.2 Å². The Morgan fingerprint density at radius 3 is 2.53 bits per heavy atom. The fourth-order valence-corrected chi connectivity index (χ4v) is 4.21. The molecule has 1 saturated heterocycles. The highest BCUT2D eigenvalue weighted by molar-refractivity contribution is 7.15. The van der Waals surface area contributed by atoms with E-state index in [0.717, 1.165) is 36.6 Å². The number of likely N-dealkylation sites (N-methyl/N-ethyl adjacent to an activating group) is 1. The summed E-state index contributed by atoms with van der Waals surface area (Å²) in [6.07, 6.45) is 1.59. The Morgan fingerprint density at radius 1 is 1.13 bits per heavy atom. The maximum atomic E-state index is 12.6. The second kappa shape index (κ2) is 8.81. The number of benzene rings is 1. The molecule has 3 heterocycles. The highest BCUT2D eigenvalue weighted by Gasteiger charge is 2.20. The minimum Gasteiger partial charge on any atom is -0.462 e. The summed E-state index contributed by atoms with van der Waals surface area (Å²) in [5, 5.41) is 3.59. The normalized spacial score (nSPS) is 14.7.